The molecule has 4 heterocycles. The van der Waals surface area contributed by atoms with Crippen molar-refractivity contribution in [3.63, 3.8) is 0 Å². The SMILES string of the molecule is Cc1cc(Nc2nccc(C(F)(F)F)n2)cc(-c2cnc(C3(O)CCC(O)(P(C)(C)=O)CC3)s2)c1.Cc1cc(Nc2nccc(C(F)(F)F)n2)cc(-c2cnc(C3(O)CCC(O)(P(C)(C)=O)CC3)s2)c1. The van der Waals surface area contributed by atoms with Crippen LogP contribution in [-0.4, -0.2) is 87.7 Å². The minimum atomic E-state index is -4.57. The summed E-state index contributed by atoms with van der Waals surface area (Å²) in [5, 5.41) is 48.0. The molecular weight excluding hydrogens is 1000 g/mol. The second-order valence-corrected chi connectivity index (χ2v) is 27.9. The molecule has 2 fully saturated rings. The molecule has 0 unspecified atom stereocenters. The van der Waals surface area contributed by atoms with E-state index in [1.54, 1.807) is 63.3 Å². The van der Waals surface area contributed by atoms with E-state index >= 15 is 0 Å². The van der Waals surface area contributed by atoms with Crippen LogP contribution in [0.2, 0.25) is 0 Å². The number of nitrogens with one attached hydrogen (secondary N) is 2. The molecule has 24 heteroatoms. The summed E-state index contributed by atoms with van der Waals surface area (Å²) < 4.78 is 103. The van der Waals surface area contributed by atoms with Crippen LogP contribution < -0.4 is 10.6 Å². The number of hydrogen-bond acceptors (Lipinski definition) is 16. The molecular formula is C46H52F6N8O6P2S2. The zero-order valence-corrected chi connectivity index (χ0v) is 42.3. The van der Waals surface area contributed by atoms with Crippen molar-refractivity contribution in [2.45, 2.75) is 99.5 Å². The minimum absolute atomic E-state index is 0.172. The number of aryl methyl sites for hydroxylation is 2. The molecule has 2 aliphatic rings. The van der Waals surface area contributed by atoms with Crippen LogP contribution in [-0.2, 0) is 32.7 Å². The summed E-state index contributed by atoms with van der Waals surface area (Å²) in [5.41, 5.74) is -0.242. The summed E-state index contributed by atoms with van der Waals surface area (Å²) in [4.78, 5) is 25.2. The molecule has 2 aromatic carbocycles. The van der Waals surface area contributed by atoms with E-state index in [9.17, 15) is 55.9 Å². The highest BCUT2D eigenvalue weighted by Gasteiger charge is 2.50. The van der Waals surface area contributed by atoms with Crippen LogP contribution in [0.3, 0.4) is 0 Å². The Bertz CT molecular complexity index is 2760. The van der Waals surface area contributed by atoms with Crippen molar-refractivity contribution in [3.05, 3.63) is 106 Å². The summed E-state index contributed by atoms with van der Waals surface area (Å²) in [6, 6.07) is 12.5. The number of halogens is 6. The number of rotatable bonds is 10. The predicted molar refractivity (Wildman–Crippen MR) is 259 cm³/mol. The smallest absolute Gasteiger partial charge is 0.383 e. The van der Waals surface area contributed by atoms with E-state index in [1.165, 1.54) is 22.7 Å². The van der Waals surface area contributed by atoms with Crippen LogP contribution in [0.4, 0.5) is 49.6 Å². The van der Waals surface area contributed by atoms with Crippen LogP contribution >= 0.6 is 37.0 Å². The third-order valence-corrected chi connectivity index (χ3v) is 20.1. The maximum atomic E-state index is 13.0. The van der Waals surface area contributed by atoms with Crippen molar-refractivity contribution in [3.8, 4) is 20.9 Å². The van der Waals surface area contributed by atoms with Crippen LogP contribution in [0.25, 0.3) is 20.9 Å². The van der Waals surface area contributed by atoms with E-state index < -0.39 is 59.9 Å². The van der Waals surface area contributed by atoms with E-state index in [1.807, 2.05) is 26.0 Å². The second kappa shape index (κ2) is 19.4. The molecule has 70 heavy (non-hydrogen) atoms. The summed E-state index contributed by atoms with van der Waals surface area (Å²) >= 11 is 2.62. The lowest BCUT2D eigenvalue weighted by Gasteiger charge is -2.42. The fourth-order valence-electron chi connectivity index (χ4n) is 8.28. The third-order valence-electron chi connectivity index (χ3n) is 12.7. The maximum absolute atomic E-state index is 13.0. The molecule has 0 saturated heterocycles. The summed E-state index contributed by atoms with van der Waals surface area (Å²) in [6.45, 7) is 9.96. The van der Waals surface area contributed by atoms with E-state index in [4.69, 9.17) is 0 Å². The van der Waals surface area contributed by atoms with Crippen LogP contribution in [0.15, 0.2) is 73.3 Å². The van der Waals surface area contributed by atoms with Gasteiger partial charge in [0.25, 0.3) is 0 Å². The minimum Gasteiger partial charge on any atom is -0.383 e. The number of nitrogens with zero attached hydrogens (tertiary/aromatic N) is 6. The monoisotopic (exact) mass is 1050 g/mol. The predicted octanol–water partition coefficient (Wildman–Crippen LogP) is 11.5. The van der Waals surface area contributed by atoms with Crippen LogP contribution in [0.5, 0.6) is 0 Å². The van der Waals surface area contributed by atoms with Gasteiger partial charge >= 0.3 is 12.4 Å². The molecule has 6 aromatic rings. The quantitative estimate of drug-likeness (QED) is 0.0556. The van der Waals surface area contributed by atoms with E-state index in [0.29, 0.717) is 21.4 Å². The Morgan fingerprint density at radius 1 is 0.543 bits per heavy atom. The van der Waals surface area contributed by atoms with Gasteiger partial charge in [-0.25, -0.2) is 29.9 Å². The fraction of sp³-hybridized carbons (Fsp3) is 0.435. The van der Waals surface area contributed by atoms with Crippen molar-refractivity contribution < 1.29 is 55.9 Å². The molecule has 4 aromatic heterocycles. The summed E-state index contributed by atoms with van der Waals surface area (Å²) in [7, 11) is -5.50. The van der Waals surface area contributed by atoms with Crippen molar-refractivity contribution in [2.75, 3.05) is 37.3 Å². The number of anilines is 4. The molecule has 6 N–H and O–H groups in total. The van der Waals surface area contributed by atoms with E-state index in [0.717, 1.165) is 56.5 Å². The number of hydrogen-bond donors (Lipinski definition) is 6. The highest BCUT2D eigenvalue weighted by atomic mass is 32.1. The van der Waals surface area contributed by atoms with Gasteiger partial charge in [0.2, 0.25) is 11.9 Å². The average molecular weight is 1050 g/mol. The van der Waals surface area contributed by atoms with Gasteiger partial charge in [-0.2, -0.15) is 26.3 Å². The van der Waals surface area contributed by atoms with Crippen molar-refractivity contribution >= 4 is 60.2 Å². The van der Waals surface area contributed by atoms with E-state index in [-0.39, 0.29) is 63.3 Å². The standard InChI is InChI=1S/2C23H26F3N4O3PS/c2*1-14-10-15(12-16(11-14)29-20-27-9-4-18(30-20)23(24,25)26)17-13-28-19(35-17)21(31)5-7-22(32,8-6-21)34(2,3)33/h2*4,9-13,31-32H,5-8H2,1-3H3,(H,27,29,30). The first-order valence-corrected chi connectivity index (χ1v) is 28.7. The Morgan fingerprint density at radius 3 is 1.20 bits per heavy atom. The van der Waals surface area contributed by atoms with Gasteiger partial charge in [0, 0.05) is 36.2 Å². The summed E-state index contributed by atoms with van der Waals surface area (Å²) in [6.07, 6.45) is -1.90. The van der Waals surface area contributed by atoms with Crippen molar-refractivity contribution in [1.29, 1.82) is 0 Å². The van der Waals surface area contributed by atoms with Gasteiger partial charge in [0.1, 0.15) is 57.6 Å². The lowest BCUT2D eigenvalue weighted by atomic mass is 9.83. The largest absolute Gasteiger partial charge is 0.433 e. The number of thiazole rings is 2. The summed E-state index contributed by atoms with van der Waals surface area (Å²) in [5.74, 6) is -0.344. The average Bonchev–Trinajstić information content (AvgIpc) is 3.98. The van der Waals surface area contributed by atoms with Crippen LogP contribution in [0, 0.1) is 13.8 Å². The maximum Gasteiger partial charge on any atom is 0.433 e. The molecule has 14 nitrogen and oxygen atoms in total. The van der Waals surface area contributed by atoms with Gasteiger partial charge in [0.15, 0.2) is 0 Å². The highest BCUT2D eigenvalue weighted by Crippen LogP contribution is 2.60. The lowest BCUT2D eigenvalue weighted by Crippen LogP contribution is -2.40. The van der Waals surface area contributed by atoms with Gasteiger partial charge in [-0.1, -0.05) is 12.1 Å². The van der Waals surface area contributed by atoms with Crippen molar-refractivity contribution in [1.82, 2.24) is 29.9 Å². The Morgan fingerprint density at radius 2 is 0.886 bits per heavy atom. The Labute approximate surface area is 407 Å². The second-order valence-electron chi connectivity index (χ2n) is 18.7. The van der Waals surface area contributed by atoms with E-state index in [2.05, 4.69) is 40.5 Å². The number of aliphatic hydroxyl groups is 4. The molecule has 0 spiro atoms. The molecule has 0 atom stereocenters. The van der Waals surface area contributed by atoms with Gasteiger partial charge in [-0.3, -0.25) is 0 Å². The number of benzene rings is 2. The molecule has 0 bridgehead atoms. The first kappa shape index (κ1) is 53.1. The molecule has 0 aliphatic heterocycles. The highest BCUT2D eigenvalue weighted by molar-refractivity contribution is 7.64. The Kier molecular flexibility index (Phi) is 14.7. The zero-order valence-electron chi connectivity index (χ0n) is 38.9. The topological polar surface area (TPSA) is 216 Å². The molecule has 8 rings (SSSR count). The lowest BCUT2D eigenvalue weighted by molar-refractivity contribution is -0.141. The van der Waals surface area contributed by atoms with Gasteiger partial charge in [-0.15, -0.1) is 22.7 Å². The molecule has 0 amide bonds. The zero-order chi connectivity index (χ0) is 51.3. The molecule has 2 aliphatic carbocycles. The van der Waals surface area contributed by atoms with Gasteiger partial charge < -0.3 is 40.2 Å². The third kappa shape index (κ3) is 12.0. The molecule has 0 radical (unpaired) electrons. The molecule has 2 saturated carbocycles. The normalized spacial score (nSPS) is 23.3. The first-order chi connectivity index (χ1) is 32.4. The number of aromatic nitrogens is 6. The number of alkyl halides is 6. The van der Waals surface area contributed by atoms with Crippen LogP contribution in [0.1, 0.15) is 83.9 Å². The Balaban J connectivity index is 0.000000206. The van der Waals surface area contributed by atoms with Gasteiger partial charge in [-0.05, 0) is 151 Å². The first-order valence-electron chi connectivity index (χ1n) is 21.9. The van der Waals surface area contributed by atoms with Gasteiger partial charge in [0.05, 0.1) is 9.75 Å². The van der Waals surface area contributed by atoms with Crippen molar-refractivity contribution in [2.24, 2.45) is 0 Å². The molecule has 376 valence electrons. The fourth-order valence-corrected chi connectivity index (χ4v) is 13.0. The Hall–Kier alpha value is -4.66.